The Morgan fingerprint density at radius 2 is 0.629 bits per heavy atom. The molecule has 337 valence electrons. The molecule has 62 heavy (non-hydrogen) atoms. The third-order valence-electron chi connectivity index (χ3n) is 9.28. The first kappa shape index (κ1) is 63.6. The van der Waals surface area contributed by atoms with Crippen molar-refractivity contribution in [2.45, 2.75) is 77.5 Å². The van der Waals surface area contributed by atoms with Gasteiger partial charge in [0.1, 0.15) is 0 Å². The summed E-state index contributed by atoms with van der Waals surface area (Å²) < 4.78 is 0. The van der Waals surface area contributed by atoms with Crippen molar-refractivity contribution >= 4 is 32.9 Å². The number of nitrogens with zero attached hydrogens (tertiary/aromatic N) is 2. The second-order valence-electron chi connectivity index (χ2n) is 14.2. The maximum atomic E-state index is 8.31. The molecule has 6 rings (SSSR count). The first-order chi connectivity index (χ1) is 28.5. The monoisotopic (exact) mass is 1070 g/mol. The Balaban J connectivity index is -0.000000729. The molecule has 0 aliphatic heterocycles. The summed E-state index contributed by atoms with van der Waals surface area (Å²) in [5, 5.41) is 8.89. The first-order valence-corrected chi connectivity index (χ1v) is 23.0. The average molecular weight is 1070 g/mol. The molecule has 9 heteroatoms. The molecule has 0 bridgehead atoms. The van der Waals surface area contributed by atoms with E-state index in [4.69, 9.17) is 34.7 Å². The van der Waals surface area contributed by atoms with E-state index in [0.717, 1.165) is 22.3 Å². The maximum Gasteiger partial charge on any atom is 3.00 e. The maximum absolute atomic E-state index is 8.31. The molecule has 0 heterocycles. The van der Waals surface area contributed by atoms with Gasteiger partial charge in [-0.25, -0.2) is 0 Å². The van der Waals surface area contributed by atoms with Crippen molar-refractivity contribution in [2.75, 3.05) is 19.4 Å². The summed E-state index contributed by atoms with van der Waals surface area (Å²) >= 11 is 11.4. The Morgan fingerprint density at radius 1 is 0.419 bits per heavy atom. The number of likely N-dealkylation sites (N-methyl/N-ethyl adjacent to an activating group) is 2. The SMILES string of the molecule is C[N-][C@@H](c1ccccc1)[C@@H]([NH-])c1ccccc1.C[N-][C@@H](c1ccccc1)[C@@H]([NH-])c1ccccc1.Cc1ccc(C(C)C)cc1.Cc1ccc(C(C)C)cc1.ClCCl.[CH3-].[CH3-].[Cl][Ru+3].[Ru+3]. The molecule has 0 amide bonds. The molecule has 0 saturated carbocycles. The molecular weight excluding hydrogens is 1000 g/mol. The van der Waals surface area contributed by atoms with E-state index in [2.05, 4.69) is 110 Å². The van der Waals surface area contributed by atoms with Gasteiger partial charge in [-0.2, -0.15) is 14.1 Å². The van der Waals surface area contributed by atoms with E-state index >= 15 is 0 Å². The van der Waals surface area contributed by atoms with Crippen LogP contribution in [0.4, 0.5) is 0 Å². The second-order valence-corrected chi connectivity index (χ2v) is 15.0. The number of nitrogens with one attached hydrogen (secondary N) is 2. The van der Waals surface area contributed by atoms with E-state index in [1.54, 1.807) is 14.1 Å². The van der Waals surface area contributed by atoms with E-state index in [-0.39, 0.29) is 63.8 Å². The fraction of sp³-hybridized carbons (Fsp3) is 0.283. The summed E-state index contributed by atoms with van der Waals surface area (Å²) in [6.45, 7) is 13.1. The Kier molecular flexibility index (Phi) is 39.7. The number of alkyl halides is 2. The topological polar surface area (TPSA) is 75.8 Å². The number of rotatable bonds is 10. The Labute approximate surface area is 414 Å². The molecule has 0 aliphatic rings. The molecule has 0 unspecified atom stereocenters. The summed E-state index contributed by atoms with van der Waals surface area (Å²) in [6.07, 6.45) is 0. The van der Waals surface area contributed by atoms with Crippen LogP contribution in [0.2, 0.25) is 0 Å². The molecule has 0 aliphatic carbocycles. The number of aryl methyl sites for hydroxylation is 2. The molecule has 2 N–H and O–H groups in total. The summed E-state index contributed by atoms with van der Waals surface area (Å²) in [5.41, 5.74) is 26.4. The predicted octanol–water partition coefficient (Wildman–Crippen LogP) is 18.3. The predicted molar refractivity (Wildman–Crippen MR) is 270 cm³/mol. The van der Waals surface area contributed by atoms with Crippen LogP contribution < -0.4 is 0 Å². The van der Waals surface area contributed by atoms with Gasteiger partial charge in [0.15, 0.2) is 0 Å². The fourth-order valence-electron chi connectivity index (χ4n) is 5.87. The van der Waals surface area contributed by atoms with Gasteiger partial charge in [-0.1, -0.05) is 231 Å². The number of halogens is 3. The van der Waals surface area contributed by atoms with Crippen molar-refractivity contribution in [3.63, 3.8) is 0 Å². The third kappa shape index (κ3) is 24.9. The number of benzene rings is 6. The second kappa shape index (κ2) is 38.7. The molecular formula is C53H68Cl3N4Ru2. The van der Waals surface area contributed by atoms with E-state index in [1.165, 1.54) is 22.3 Å². The van der Waals surface area contributed by atoms with Gasteiger partial charge in [-0.15, -0.1) is 47.4 Å². The van der Waals surface area contributed by atoms with Crippen LogP contribution in [0.5, 0.6) is 0 Å². The van der Waals surface area contributed by atoms with Crippen molar-refractivity contribution in [3.8, 4) is 0 Å². The molecule has 0 fully saturated rings. The molecule has 4 atom stereocenters. The minimum Gasteiger partial charge on any atom is 3.00 e. The Hall–Kier alpha value is -2.72. The first-order valence-electron chi connectivity index (χ1n) is 19.6. The largest absolute Gasteiger partial charge is 3.00 e. The van der Waals surface area contributed by atoms with Crippen LogP contribution in [0.1, 0.15) is 108 Å². The molecule has 6 aromatic rings. The van der Waals surface area contributed by atoms with Gasteiger partial charge < -0.3 is 37.0 Å². The molecule has 4 nitrogen and oxygen atoms in total. The van der Waals surface area contributed by atoms with E-state index in [9.17, 15) is 0 Å². The minimum absolute atomic E-state index is 0. The number of hydrogen-bond donors (Lipinski definition) is 0. The van der Waals surface area contributed by atoms with Gasteiger partial charge in [-0.3, -0.25) is 0 Å². The zero-order valence-corrected chi connectivity index (χ0v) is 43.8. The summed E-state index contributed by atoms with van der Waals surface area (Å²) in [6, 6.07) is 56.3. The van der Waals surface area contributed by atoms with Crippen molar-refractivity contribution in [1.82, 2.24) is 0 Å². The number of hydrogen-bond acceptors (Lipinski definition) is 0. The zero-order chi connectivity index (χ0) is 44.0. The van der Waals surface area contributed by atoms with Gasteiger partial charge in [0, 0.05) is 0 Å². The van der Waals surface area contributed by atoms with E-state index < -0.39 is 0 Å². The minimum atomic E-state index is -0.344. The normalized spacial score (nSPS) is 11.5. The van der Waals surface area contributed by atoms with E-state index in [1.807, 2.05) is 139 Å². The quantitative estimate of drug-likeness (QED) is 0.0745. The van der Waals surface area contributed by atoms with Crippen molar-refractivity contribution in [2.24, 2.45) is 0 Å². The van der Waals surface area contributed by atoms with Gasteiger partial charge in [-0.05, 0) is 36.8 Å². The summed E-state index contributed by atoms with van der Waals surface area (Å²) in [7, 11) is 8.13. The van der Waals surface area contributed by atoms with Gasteiger partial charge in [0.05, 0.1) is 5.34 Å². The Bertz CT molecular complexity index is 1710. The standard InChI is InChI=1S/2C15H16N2.2C10H14.CH2Cl2.2CH3.ClH.2Ru/c2*1-17-15(13-10-6-3-7-11-13)14(16)12-8-4-2-5-9-12;2*1-8(2)10-6-4-9(3)5-7-10;2-1-3;;;;;/h2*2-11,14-16H,1H3;2*4-8H,1-3H3;1H2;2*1H3;1H;;/q2*-2;;;;2*-1;;+3;+4/p-1/t2*14-,15-;;;;;;;;/m00......../s1. The van der Waals surface area contributed by atoms with Crippen LogP contribution in [0, 0.1) is 28.7 Å². The summed E-state index contributed by atoms with van der Waals surface area (Å²) in [5.74, 6) is 1.31. The smallest absolute Gasteiger partial charge is 3.00 e. The van der Waals surface area contributed by atoms with Gasteiger partial charge in [0.25, 0.3) is 0 Å². The summed E-state index contributed by atoms with van der Waals surface area (Å²) in [4.78, 5) is 0. The van der Waals surface area contributed by atoms with Crippen molar-refractivity contribution in [3.05, 3.63) is 251 Å². The molecule has 0 spiro atoms. The van der Waals surface area contributed by atoms with Gasteiger partial charge >= 0.3 is 46.5 Å². The molecule has 0 saturated heterocycles. The van der Waals surface area contributed by atoms with Crippen LogP contribution in [-0.2, 0) is 36.8 Å². The molecule has 1 radical (unpaired) electrons. The third-order valence-corrected chi connectivity index (χ3v) is 9.28. The van der Waals surface area contributed by atoms with Crippen LogP contribution >= 0.6 is 32.9 Å². The molecule has 6 aromatic carbocycles. The van der Waals surface area contributed by atoms with Crippen LogP contribution in [0.15, 0.2) is 170 Å². The fourth-order valence-corrected chi connectivity index (χ4v) is 5.87. The van der Waals surface area contributed by atoms with Crippen molar-refractivity contribution in [1.29, 1.82) is 0 Å². The van der Waals surface area contributed by atoms with Crippen LogP contribution in [0.3, 0.4) is 0 Å². The Morgan fingerprint density at radius 3 is 0.823 bits per heavy atom. The van der Waals surface area contributed by atoms with Crippen LogP contribution in [-0.4, -0.2) is 19.4 Å². The van der Waals surface area contributed by atoms with Crippen molar-refractivity contribution < 1.29 is 36.8 Å². The van der Waals surface area contributed by atoms with Crippen LogP contribution in [0.25, 0.3) is 22.1 Å². The van der Waals surface area contributed by atoms with E-state index in [0.29, 0.717) is 11.8 Å². The molecule has 0 aromatic heterocycles. The average Bonchev–Trinajstić information content (AvgIpc) is 3.27. The zero-order valence-electron chi connectivity index (χ0n) is 38.1. The van der Waals surface area contributed by atoms with Gasteiger partial charge in [0.2, 0.25) is 0 Å².